The molecule has 0 amide bonds. The number of aryl methyl sites for hydroxylation is 1. The summed E-state index contributed by atoms with van der Waals surface area (Å²) in [6.45, 7) is 1.97. The number of pyridine rings is 2. The molecule has 0 atom stereocenters. The largest absolute Gasteiger partial charge is 0.354 e. The van der Waals surface area contributed by atoms with Crippen molar-refractivity contribution in [1.29, 1.82) is 0 Å². The van der Waals surface area contributed by atoms with Crippen LogP contribution in [0.15, 0.2) is 88.5 Å². The van der Waals surface area contributed by atoms with Gasteiger partial charge in [0.25, 0.3) is 0 Å². The molecule has 0 saturated carbocycles. The van der Waals surface area contributed by atoms with Crippen molar-refractivity contribution in [3.8, 4) is 20.9 Å². The van der Waals surface area contributed by atoms with Crippen LogP contribution in [0, 0.1) is 6.92 Å². The fourth-order valence-electron chi connectivity index (χ4n) is 6.22. The lowest BCUT2D eigenvalue weighted by Gasteiger charge is -2.08. The average Bonchev–Trinajstić information content (AvgIpc) is 3.84. The summed E-state index contributed by atoms with van der Waals surface area (Å²) >= 11 is 4.82. The summed E-state index contributed by atoms with van der Waals surface area (Å²) in [5.41, 5.74) is 8.83. The van der Waals surface area contributed by atoms with Gasteiger partial charge in [0.2, 0.25) is 0 Å². The van der Waals surface area contributed by atoms with Crippen LogP contribution in [0.3, 0.4) is 0 Å². The first-order valence-electron chi connectivity index (χ1n) is 14.3. The summed E-state index contributed by atoms with van der Waals surface area (Å²) in [6.07, 6.45) is 3.38. The van der Waals surface area contributed by atoms with Gasteiger partial charge in [0, 0.05) is 64.1 Å². The Labute approximate surface area is 262 Å². The van der Waals surface area contributed by atoms with Crippen LogP contribution < -0.4 is 10.9 Å². The Morgan fingerprint density at radius 3 is 2.02 bits per heavy atom. The molecule has 0 bridgehead atoms. The Morgan fingerprint density at radius 2 is 1.30 bits per heavy atom. The van der Waals surface area contributed by atoms with Crippen LogP contribution in [-0.4, -0.2) is 24.5 Å². The van der Waals surface area contributed by atoms with Crippen molar-refractivity contribution in [1.82, 2.24) is 18.7 Å². The Balaban J connectivity index is 1.15. The number of hydrogen-bond acceptors (Lipinski definition) is 7. The zero-order valence-electron chi connectivity index (χ0n) is 23.4. The Hall–Kier alpha value is -4.57. The molecule has 6 nitrogen and oxygen atoms in total. The summed E-state index contributed by atoms with van der Waals surface area (Å²) in [5, 5.41) is 2.36. The highest BCUT2D eigenvalue weighted by Gasteiger charge is 2.18. The zero-order chi connectivity index (χ0) is 29.5. The van der Waals surface area contributed by atoms with E-state index in [0.717, 1.165) is 66.2 Å². The predicted octanol–water partition coefficient (Wildman–Crippen LogP) is 8.86. The minimum Gasteiger partial charge on any atom is -0.354 e. The molecule has 8 aromatic rings. The van der Waals surface area contributed by atoms with Gasteiger partial charge in [-0.15, -0.1) is 23.1 Å². The van der Waals surface area contributed by atoms with E-state index in [9.17, 15) is 9.59 Å². The smallest absolute Gasteiger partial charge is 0.197 e. The maximum atomic E-state index is 13.9. The Bertz CT molecular complexity index is 2660. The van der Waals surface area contributed by atoms with Gasteiger partial charge in [0.05, 0.1) is 22.8 Å². The van der Waals surface area contributed by atoms with Crippen LogP contribution >= 0.6 is 34.8 Å². The SMILES string of the molecule is Cc1ccc2[nH]c3cc4c(=O)c5cc(-c6ccc(-c7ccc(C8=CCCS8)c8nsnc78)s6)ccc5[nH]c4cc3c(=O)c2c1. The van der Waals surface area contributed by atoms with Gasteiger partial charge in [-0.3, -0.25) is 9.59 Å². The molecule has 0 spiro atoms. The number of aromatic amines is 2. The third-order valence-electron chi connectivity index (χ3n) is 8.41. The Morgan fingerprint density at radius 1 is 0.659 bits per heavy atom. The van der Waals surface area contributed by atoms with E-state index in [1.54, 1.807) is 23.5 Å². The van der Waals surface area contributed by atoms with Crippen LogP contribution in [0.1, 0.15) is 17.5 Å². The summed E-state index contributed by atoms with van der Waals surface area (Å²) in [6, 6.07) is 23.9. The number of hydrogen-bond donors (Lipinski definition) is 2. The van der Waals surface area contributed by atoms with Gasteiger partial charge in [-0.25, -0.2) is 0 Å². The molecular formula is C35H22N4O2S3. The maximum absolute atomic E-state index is 13.9. The van der Waals surface area contributed by atoms with E-state index in [1.807, 2.05) is 55.1 Å². The molecule has 0 saturated heterocycles. The molecule has 4 aromatic carbocycles. The number of nitrogens with zero attached hydrogens (tertiary/aromatic N) is 2. The number of fused-ring (bicyclic) bond motifs is 5. The molecule has 44 heavy (non-hydrogen) atoms. The van der Waals surface area contributed by atoms with Crippen LogP contribution in [0.2, 0.25) is 0 Å². The van der Waals surface area contributed by atoms with Gasteiger partial charge in [-0.05, 0) is 67.4 Å². The van der Waals surface area contributed by atoms with Gasteiger partial charge in [-0.2, -0.15) is 8.75 Å². The van der Waals surface area contributed by atoms with Crippen molar-refractivity contribution >= 4 is 94.4 Å². The Kier molecular flexibility index (Phi) is 5.72. The van der Waals surface area contributed by atoms with Crippen LogP contribution in [0.5, 0.6) is 0 Å². The van der Waals surface area contributed by atoms with Crippen LogP contribution in [0.4, 0.5) is 0 Å². The highest BCUT2D eigenvalue weighted by Crippen LogP contribution is 2.42. The highest BCUT2D eigenvalue weighted by atomic mass is 32.2. The van der Waals surface area contributed by atoms with Crippen LogP contribution in [-0.2, 0) is 0 Å². The lowest BCUT2D eigenvalue weighted by atomic mass is 10.0. The van der Waals surface area contributed by atoms with E-state index in [-0.39, 0.29) is 10.9 Å². The topological polar surface area (TPSA) is 91.5 Å². The molecule has 0 aliphatic carbocycles. The second kappa shape index (κ2) is 9.72. The third kappa shape index (κ3) is 3.93. The van der Waals surface area contributed by atoms with Gasteiger partial charge in [0.15, 0.2) is 10.9 Å². The van der Waals surface area contributed by atoms with E-state index in [1.165, 1.54) is 16.6 Å². The molecule has 0 fully saturated rings. The molecule has 0 unspecified atom stereocenters. The van der Waals surface area contributed by atoms with Crippen molar-refractivity contribution in [2.45, 2.75) is 13.3 Å². The number of allylic oxidation sites excluding steroid dienone is 1. The first-order chi connectivity index (χ1) is 21.5. The second-order valence-corrected chi connectivity index (χ2v) is 13.9. The monoisotopic (exact) mass is 626 g/mol. The van der Waals surface area contributed by atoms with Crippen molar-refractivity contribution in [3.63, 3.8) is 0 Å². The van der Waals surface area contributed by atoms with Crippen molar-refractivity contribution in [2.75, 3.05) is 5.75 Å². The lowest BCUT2D eigenvalue weighted by molar-refractivity contribution is 1.28. The molecule has 9 heteroatoms. The minimum absolute atomic E-state index is 0.0426. The average molecular weight is 627 g/mol. The number of nitrogens with one attached hydrogen (secondary N) is 2. The number of thioether (sulfide) groups is 1. The van der Waals surface area contributed by atoms with E-state index in [4.69, 9.17) is 0 Å². The van der Waals surface area contributed by atoms with Gasteiger partial charge < -0.3 is 9.97 Å². The maximum Gasteiger partial charge on any atom is 0.197 e. The highest BCUT2D eigenvalue weighted by molar-refractivity contribution is 8.08. The number of benzene rings is 4. The summed E-state index contributed by atoms with van der Waals surface area (Å²) in [4.78, 5) is 37.5. The van der Waals surface area contributed by atoms with Gasteiger partial charge in [-0.1, -0.05) is 35.9 Å². The predicted molar refractivity (Wildman–Crippen MR) is 187 cm³/mol. The second-order valence-electron chi connectivity index (χ2n) is 11.2. The standard InChI is InChI=1S/C35H22N4O2S3/c1-17-4-8-25-21(13-17)34(40)23-15-28-24(16-27(23)36-25)35(41)22-14-18(5-9-26(22)37-28)29-10-11-31(43-29)20-7-6-19(30-3-2-12-42-30)32-33(20)39-44-38-32/h3-11,13-16H,2,12H2,1H3,(H,36,40)(H,37,41). The molecule has 0 radical (unpaired) electrons. The fraction of sp³-hybridized carbons (Fsp3) is 0.0857. The first kappa shape index (κ1) is 25.9. The number of aromatic nitrogens is 4. The normalized spacial score (nSPS) is 13.6. The van der Waals surface area contributed by atoms with Crippen molar-refractivity contribution in [2.24, 2.45) is 0 Å². The summed E-state index contributed by atoms with van der Waals surface area (Å²) in [5.74, 6) is 1.11. The number of rotatable bonds is 3. The van der Waals surface area contributed by atoms with Crippen molar-refractivity contribution in [3.05, 3.63) is 110 Å². The molecule has 1 aliphatic rings. The number of thiophene rings is 1. The number of H-pyrrole nitrogens is 2. The zero-order valence-corrected chi connectivity index (χ0v) is 25.8. The minimum atomic E-state index is -0.0657. The van der Waals surface area contributed by atoms with Gasteiger partial charge in [0.1, 0.15) is 11.0 Å². The molecule has 2 N–H and O–H groups in total. The quantitative estimate of drug-likeness (QED) is 0.191. The molecule has 5 heterocycles. The van der Waals surface area contributed by atoms with Crippen LogP contribution in [0.25, 0.3) is 80.4 Å². The molecule has 9 rings (SSSR count). The van der Waals surface area contributed by atoms with E-state index in [0.29, 0.717) is 32.6 Å². The van der Waals surface area contributed by atoms with Gasteiger partial charge >= 0.3 is 0 Å². The first-order valence-corrected chi connectivity index (χ1v) is 16.8. The third-order valence-corrected chi connectivity index (χ3v) is 11.2. The summed E-state index contributed by atoms with van der Waals surface area (Å²) in [7, 11) is 0. The molecule has 212 valence electrons. The fourth-order valence-corrected chi connectivity index (χ4v) is 8.83. The van der Waals surface area contributed by atoms with E-state index >= 15 is 0 Å². The van der Waals surface area contributed by atoms with Crippen molar-refractivity contribution < 1.29 is 0 Å². The molecule has 1 aliphatic heterocycles. The molecular weight excluding hydrogens is 605 g/mol. The van der Waals surface area contributed by atoms with E-state index in [2.05, 4.69) is 49.1 Å². The summed E-state index contributed by atoms with van der Waals surface area (Å²) < 4.78 is 9.32. The molecule has 4 aromatic heterocycles. The van der Waals surface area contributed by atoms with E-state index < -0.39 is 0 Å². The lowest BCUT2D eigenvalue weighted by Crippen LogP contribution is -2.08.